The third kappa shape index (κ3) is 2.44. The molecule has 1 aromatic rings. The molecule has 14 heavy (non-hydrogen) atoms. The SMILES string of the molecule is Cc1cnc(N(C)C(C)(C)CBr)nc1. The maximum Gasteiger partial charge on any atom is 0.225 e. The number of halogens is 1. The van der Waals surface area contributed by atoms with Crippen LogP contribution >= 0.6 is 15.9 Å². The second-order valence-corrected chi connectivity index (χ2v) is 4.63. The predicted octanol–water partition coefficient (Wildman–Crippen LogP) is 2.39. The smallest absolute Gasteiger partial charge is 0.225 e. The lowest BCUT2D eigenvalue weighted by molar-refractivity contribution is 0.541. The summed E-state index contributed by atoms with van der Waals surface area (Å²) in [6, 6.07) is 0. The van der Waals surface area contributed by atoms with Crippen LogP contribution in [-0.4, -0.2) is 27.9 Å². The van der Waals surface area contributed by atoms with Crippen molar-refractivity contribution in [3.8, 4) is 0 Å². The predicted molar refractivity (Wildman–Crippen MR) is 63.0 cm³/mol. The molecule has 0 amide bonds. The highest BCUT2D eigenvalue weighted by Gasteiger charge is 2.23. The second-order valence-electron chi connectivity index (χ2n) is 4.07. The summed E-state index contributed by atoms with van der Waals surface area (Å²) in [6.07, 6.45) is 3.67. The molecule has 1 heterocycles. The quantitative estimate of drug-likeness (QED) is 0.779. The molecule has 0 aliphatic heterocycles. The van der Waals surface area contributed by atoms with Crippen molar-refractivity contribution in [1.29, 1.82) is 0 Å². The molecule has 4 heteroatoms. The minimum atomic E-state index is 0.0231. The molecular weight excluding hydrogens is 242 g/mol. The van der Waals surface area contributed by atoms with Gasteiger partial charge in [0, 0.05) is 30.3 Å². The van der Waals surface area contributed by atoms with E-state index >= 15 is 0 Å². The second kappa shape index (κ2) is 4.26. The first-order valence-corrected chi connectivity index (χ1v) is 5.68. The topological polar surface area (TPSA) is 29.0 Å². The van der Waals surface area contributed by atoms with E-state index in [0.29, 0.717) is 0 Å². The van der Waals surface area contributed by atoms with Crippen molar-refractivity contribution >= 4 is 21.9 Å². The van der Waals surface area contributed by atoms with Crippen LogP contribution in [0.5, 0.6) is 0 Å². The van der Waals surface area contributed by atoms with Crippen molar-refractivity contribution in [3.05, 3.63) is 18.0 Å². The first-order chi connectivity index (χ1) is 6.47. The van der Waals surface area contributed by atoms with E-state index in [1.165, 1.54) is 0 Å². The Morgan fingerprint density at radius 1 is 1.36 bits per heavy atom. The molecule has 0 N–H and O–H groups in total. The number of hydrogen-bond acceptors (Lipinski definition) is 3. The number of hydrogen-bond donors (Lipinski definition) is 0. The van der Waals surface area contributed by atoms with Crippen molar-refractivity contribution in [3.63, 3.8) is 0 Å². The van der Waals surface area contributed by atoms with E-state index in [0.717, 1.165) is 16.8 Å². The van der Waals surface area contributed by atoms with Gasteiger partial charge in [0.15, 0.2) is 0 Å². The van der Waals surface area contributed by atoms with Crippen LogP contribution < -0.4 is 4.90 Å². The molecule has 0 fully saturated rings. The highest BCUT2D eigenvalue weighted by Crippen LogP contribution is 2.19. The molecule has 0 radical (unpaired) electrons. The van der Waals surface area contributed by atoms with E-state index < -0.39 is 0 Å². The Morgan fingerprint density at radius 3 is 2.29 bits per heavy atom. The summed E-state index contributed by atoms with van der Waals surface area (Å²) < 4.78 is 0. The molecule has 0 aliphatic rings. The Morgan fingerprint density at radius 2 is 1.86 bits per heavy atom. The number of aromatic nitrogens is 2. The van der Waals surface area contributed by atoms with Gasteiger partial charge in [0.2, 0.25) is 5.95 Å². The van der Waals surface area contributed by atoms with E-state index in [1.807, 2.05) is 26.4 Å². The van der Waals surface area contributed by atoms with E-state index in [-0.39, 0.29) is 5.54 Å². The van der Waals surface area contributed by atoms with Crippen LogP contribution in [0.1, 0.15) is 19.4 Å². The lowest BCUT2D eigenvalue weighted by atomic mass is 10.1. The van der Waals surface area contributed by atoms with E-state index in [2.05, 4.69) is 44.6 Å². The van der Waals surface area contributed by atoms with Crippen molar-refractivity contribution in [2.45, 2.75) is 26.3 Å². The van der Waals surface area contributed by atoms with Crippen LogP contribution in [0.2, 0.25) is 0 Å². The average Bonchev–Trinajstić information content (AvgIpc) is 2.18. The summed E-state index contributed by atoms with van der Waals surface area (Å²) in [4.78, 5) is 10.6. The molecule has 0 aromatic carbocycles. The average molecular weight is 258 g/mol. The number of alkyl halides is 1. The maximum absolute atomic E-state index is 4.29. The lowest BCUT2D eigenvalue weighted by Gasteiger charge is -2.33. The highest BCUT2D eigenvalue weighted by molar-refractivity contribution is 9.09. The minimum absolute atomic E-state index is 0.0231. The molecule has 1 aromatic heterocycles. The van der Waals surface area contributed by atoms with Crippen molar-refractivity contribution in [2.24, 2.45) is 0 Å². The van der Waals surface area contributed by atoms with Gasteiger partial charge in [-0.15, -0.1) is 0 Å². The Hall–Kier alpha value is -0.640. The third-order valence-electron chi connectivity index (χ3n) is 2.30. The van der Waals surface area contributed by atoms with Gasteiger partial charge in [-0.2, -0.15) is 0 Å². The summed E-state index contributed by atoms with van der Waals surface area (Å²) in [5.41, 5.74) is 1.11. The first-order valence-electron chi connectivity index (χ1n) is 4.56. The molecule has 0 saturated carbocycles. The molecular formula is C10H16BrN3. The van der Waals surface area contributed by atoms with Gasteiger partial charge in [0.05, 0.1) is 0 Å². The fraction of sp³-hybridized carbons (Fsp3) is 0.600. The zero-order valence-electron chi connectivity index (χ0n) is 9.08. The number of anilines is 1. The molecule has 3 nitrogen and oxygen atoms in total. The molecule has 0 unspecified atom stereocenters. The standard InChI is InChI=1S/C10H16BrN3/c1-8-5-12-9(13-6-8)14(4)10(2,3)7-11/h5-6H,7H2,1-4H3. The van der Waals surface area contributed by atoms with Gasteiger partial charge in [-0.3, -0.25) is 0 Å². The summed E-state index contributed by atoms with van der Waals surface area (Å²) in [6.45, 7) is 6.27. The van der Waals surface area contributed by atoms with Crippen molar-refractivity contribution in [2.75, 3.05) is 17.3 Å². The van der Waals surface area contributed by atoms with Crippen LogP contribution in [0, 0.1) is 6.92 Å². The molecule has 78 valence electrons. The van der Waals surface area contributed by atoms with Gasteiger partial charge in [-0.25, -0.2) is 9.97 Å². The van der Waals surface area contributed by atoms with Crippen LogP contribution in [0.25, 0.3) is 0 Å². The Balaban J connectivity index is 2.89. The zero-order valence-corrected chi connectivity index (χ0v) is 10.7. The summed E-state index contributed by atoms with van der Waals surface area (Å²) in [7, 11) is 2.01. The van der Waals surface area contributed by atoms with Gasteiger partial charge in [-0.1, -0.05) is 15.9 Å². The first kappa shape index (κ1) is 11.4. The monoisotopic (exact) mass is 257 g/mol. The third-order valence-corrected chi connectivity index (χ3v) is 3.67. The number of aryl methyl sites for hydroxylation is 1. The Labute approximate surface area is 93.7 Å². The van der Waals surface area contributed by atoms with Crippen LogP contribution in [0.4, 0.5) is 5.95 Å². The molecule has 0 bridgehead atoms. The minimum Gasteiger partial charge on any atom is -0.338 e. The van der Waals surface area contributed by atoms with Gasteiger partial charge in [0.1, 0.15) is 0 Å². The Bertz CT molecular complexity index is 295. The van der Waals surface area contributed by atoms with Gasteiger partial charge in [0.25, 0.3) is 0 Å². The number of nitrogens with zero attached hydrogens (tertiary/aromatic N) is 3. The molecule has 0 aliphatic carbocycles. The maximum atomic E-state index is 4.29. The summed E-state index contributed by atoms with van der Waals surface area (Å²) >= 11 is 3.49. The van der Waals surface area contributed by atoms with Crippen LogP contribution in [0.3, 0.4) is 0 Å². The largest absolute Gasteiger partial charge is 0.338 e. The normalized spacial score (nSPS) is 11.5. The van der Waals surface area contributed by atoms with Crippen molar-refractivity contribution < 1.29 is 0 Å². The Kier molecular flexibility index (Phi) is 3.48. The van der Waals surface area contributed by atoms with Gasteiger partial charge < -0.3 is 4.90 Å². The van der Waals surface area contributed by atoms with E-state index in [1.54, 1.807) is 0 Å². The van der Waals surface area contributed by atoms with Gasteiger partial charge in [-0.05, 0) is 26.3 Å². The molecule has 0 saturated heterocycles. The van der Waals surface area contributed by atoms with Crippen LogP contribution in [0.15, 0.2) is 12.4 Å². The lowest BCUT2D eigenvalue weighted by Crippen LogP contribution is -2.43. The van der Waals surface area contributed by atoms with E-state index in [9.17, 15) is 0 Å². The summed E-state index contributed by atoms with van der Waals surface area (Å²) in [5, 5.41) is 0.883. The fourth-order valence-corrected chi connectivity index (χ4v) is 1.30. The highest BCUT2D eigenvalue weighted by atomic mass is 79.9. The molecule has 0 spiro atoms. The van der Waals surface area contributed by atoms with Crippen LogP contribution in [-0.2, 0) is 0 Å². The van der Waals surface area contributed by atoms with E-state index in [4.69, 9.17) is 0 Å². The molecule has 0 atom stereocenters. The molecule has 1 rings (SSSR count). The summed E-state index contributed by atoms with van der Waals surface area (Å²) in [5.74, 6) is 0.764. The fourth-order valence-electron chi connectivity index (χ4n) is 0.919. The zero-order chi connectivity index (χ0) is 10.8. The van der Waals surface area contributed by atoms with Crippen molar-refractivity contribution in [1.82, 2.24) is 9.97 Å². The number of rotatable bonds is 3. The van der Waals surface area contributed by atoms with Gasteiger partial charge >= 0.3 is 0 Å².